The molecule has 0 radical (unpaired) electrons. The van der Waals surface area contributed by atoms with Crippen LogP contribution in [0.15, 0.2) is 22.7 Å². The number of carbonyl (C=O) groups is 1. The average molecular weight is 327 g/mol. The van der Waals surface area contributed by atoms with Crippen LogP contribution in [0.5, 0.6) is 0 Å². The predicted molar refractivity (Wildman–Crippen MR) is 78.8 cm³/mol. The van der Waals surface area contributed by atoms with Crippen molar-refractivity contribution in [2.24, 2.45) is 11.8 Å². The highest BCUT2D eigenvalue weighted by molar-refractivity contribution is 9.10. The van der Waals surface area contributed by atoms with Crippen molar-refractivity contribution in [1.29, 1.82) is 0 Å². The molecule has 4 N–H and O–H groups in total. The highest BCUT2D eigenvalue weighted by Crippen LogP contribution is 2.31. The Hall–Kier alpha value is -1.07. The second-order valence-corrected chi connectivity index (χ2v) is 5.85. The van der Waals surface area contributed by atoms with Crippen molar-refractivity contribution in [2.45, 2.75) is 19.3 Å². The summed E-state index contributed by atoms with van der Waals surface area (Å²) in [4.78, 5) is 12.1. The van der Waals surface area contributed by atoms with Gasteiger partial charge in [-0.05, 0) is 52.7 Å². The van der Waals surface area contributed by atoms with Crippen molar-refractivity contribution in [3.8, 4) is 0 Å². The molecule has 1 aliphatic carbocycles. The van der Waals surface area contributed by atoms with Gasteiger partial charge in [0, 0.05) is 18.8 Å². The molecule has 0 heterocycles. The van der Waals surface area contributed by atoms with Crippen LogP contribution >= 0.6 is 15.9 Å². The van der Waals surface area contributed by atoms with Crippen molar-refractivity contribution in [3.05, 3.63) is 28.2 Å². The minimum atomic E-state index is -0.122. The summed E-state index contributed by atoms with van der Waals surface area (Å²) >= 11 is 3.33. The standard InChI is InChI=1S/C14H19BrN2O2/c15-13-11(5-2-6-12(13)16)14(19)17-7-9-3-1-4-10(9)8-18/h2,5-6,9-10,18H,1,3-4,7-8,16H2,(H,17,19). The Morgan fingerprint density at radius 3 is 2.89 bits per heavy atom. The molecule has 4 nitrogen and oxygen atoms in total. The molecular weight excluding hydrogens is 308 g/mol. The highest BCUT2D eigenvalue weighted by atomic mass is 79.9. The maximum Gasteiger partial charge on any atom is 0.252 e. The topological polar surface area (TPSA) is 75.4 Å². The van der Waals surface area contributed by atoms with Gasteiger partial charge in [-0.3, -0.25) is 4.79 Å². The zero-order chi connectivity index (χ0) is 13.8. The number of nitrogen functional groups attached to an aromatic ring is 1. The monoisotopic (exact) mass is 326 g/mol. The van der Waals surface area contributed by atoms with Crippen LogP contribution in [0.1, 0.15) is 29.6 Å². The number of anilines is 1. The summed E-state index contributed by atoms with van der Waals surface area (Å²) in [6.45, 7) is 0.827. The first-order chi connectivity index (χ1) is 9.13. The number of nitrogens with two attached hydrogens (primary N) is 1. The van der Waals surface area contributed by atoms with Crippen molar-refractivity contribution < 1.29 is 9.90 Å². The summed E-state index contributed by atoms with van der Waals surface area (Å²) < 4.78 is 0.637. The van der Waals surface area contributed by atoms with Crippen LogP contribution in [0.25, 0.3) is 0 Å². The number of aliphatic hydroxyl groups is 1. The zero-order valence-corrected chi connectivity index (χ0v) is 12.3. The van der Waals surface area contributed by atoms with Crippen LogP contribution in [0, 0.1) is 11.8 Å². The smallest absolute Gasteiger partial charge is 0.252 e. The van der Waals surface area contributed by atoms with E-state index in [-0.39, 0.29) is 12.5 Å². The molecule has 2 atom stereocenters. The fraction of sp³-hybridized carbons (Fsp3) is 0.500. The fourth-order valence-electron chi connectivity index (χ4n) is 2.67. The van der Waals surface area contributed by atoms with Crippen LogP contribution in [-0.2, 0) is 0 Å². The largest absolute Gasteiger partial charge is 0.398 e. The summed E-state index contributed by atoms with van der Waals surface area (Å²) in [7, 11) is 0. The van der Waals surface area contributed by atoms with E-state index >= 15 is 0 Å². The highest BCUT2D eigenvalue weighted by Gasteiger charge is 2.27. The molecule has 104 valence electrons. The molecule has 1 aliphatic rings. The number of nitrogens with one attached hydrogen (secondary N) is 1. The van der Waals surface area contributed by atoms with Gasteiger partial charge in [0.15, 0.2) is 0 Å². The van der Waals surface area contributed by atoms with E-state index in [0.717, 1.165) is 19.3 Å². The van der Waals surface area contributed by atoms with Crippen LogP contribution in [0.2, 0.25) is 0 Å². The lowest BCUT2D eigenvalue weighted by atomic mass is 9.97. The maximum atomic E-state index is 12.1. The van der Waals surface area contributed by atoms with Crippen molar-refractivity contribution in [2.75, 3.05) is 18.9 Å². The van der Waals surface area contributed by atoms with Crippen LogP contribution < -0.4 is 11.1 Å². The molecule has 1 amide bonds. The third-order valence-corrected chi connectivity index (χ3v) is 4.73. The first kappa shape index (κ1) is 14.3. The molecular formula is C14H19BrN2O2. The number of aliphatic hydroxyl groups excluding tert-OH is 1. The molecule has 19 heavy (non-hydrogen) atoms. The molecule has 1 fully saturated rings. The van der Waals surface area contributed by atoms with Gasteiger partial charge in [-0.15, -0.1) is 0 Å². The van der Waals surface area contributed by atoms with E-state index in [0.29, 0.717) is 34.1 Å². The van der Waals surface area contributed by atoms with E-state index in [2.05, 4.69) is 21.2 Å². The first-order valence-electron chi connectivity index (χ1n) is 6.56. The Labute approximate surface area is 121 Å². The Morgan fingerprint density at radius 2 is 2.16 bits per heavy atom. The quantitative estimate of drug-likeness (QED) is 0.742. The van der Waals surface area contributed by atoms with E-state index in [4.69, 9.17) is 5.73 Å². The Balaban J connectivity index is 1.96. The molecule has 2 rings (SSSR count). The Morgan fingerprint density at radius 1 is 1.42 bits per heavy atom. The minimum absolute atomic E-state index is 0.122. The van der Waals surface area contributed by atoms with Gasteiger partial charge in [-0.1, -0.05) is 12.5 Å². The molecule has 1 saturated carbocycles. The lowest BCUT2D eigenvalue weighted by Crippen LogP contribution is -2.31. The van der Waals surface area contributed by atoms with Crippen molar-refractivity contribution in [1.82, 2.24) is 5.32 Å². The Kier molecular flexibility index (Phi) is 4.82. The Bertz CT molecular complexity index is 465. The van der Waals surface area contributed by atoms with Gasteiger partial charge in [-0.25, -0.2) is 0 Å². The summed E-state index contributed by atoms with van der Waals surface area (Å²) in [5, 5.41) is 12.2. The van der Waals surface area contributed by atoms with Gasteiger partial charge in [0.2, 0.25) is 0 Å². The number of carbonyl (C=O) groups excluding carboxylic acids is 1. The van der Waals surface area contributed by atoms with E-state index in [1.807, 2.05) is 0 Å². The lowest BCUT2D eigenvalue weighted by Gasteiger charge is -2.18. The number of amides is 1. The van der Waals surface area contributed by atoms with E-state index in [1.165, 1.54) is 0 Å². The van der Waals surface area contributed by atoms with E-state index < -0.39 is 0 Å². The summed E-state index contributed by atoms with van der Waals surface area (Å²) in [6, 6.07) is 5.26. The van der Waals surface area contributed by atoms with Gasteiger partial charge in [0.1, 0.15) is 0 Å². The molecule has 5 heteroatoms. The summed E-state index contributed by atoms with van der Waals surface area (Å²) in [5.41, 5.74) is 6.87. The van der Waals surface area contributed by atoms with Gasteiger partial charge >= 0.3 is 0 Å². The fourth-order valence-corrected chi connectivity index (χ4v) is 3.11. The van der Waals surface area contributed by atoms with Crippen molar-refractivity contribution >= 4 is 27.5 Å². The molecule has 0 aromatic heterocycles. The molecule has 0 aliphatic heterocycles. The van der Waals surface area contributed by atoms with Gasteiger partial charge < -0.3 is 16.2 Å². The molecule has 0 bridgehead atoms. The normalized spacial score (nSPS) is 22.4. The SMILES string of the molecule is Nc1cccc(C(=O)NCC2CCCC2CO)c1Br. The number of hydrogen-bond donors (Lipinski definition) is 3. The van der Waals surface area contributed by atoms with E-state index in [9.17, 15) is 9.90 Å². The van der Waals surface area contributed by atoms with Gasteiger partial charge in [0.05, 0.1) is 10.0 Å². The van der Waals surface area contributed by atoms with Crippen LogP contribution in [0.3, 0.4) is 0 Å². The van der Waals surface area contributed by atoms with Crippen LogP contribution in [-0.4, -0.2) is 24.2 Å². The third-order valence-electron chi connectivity index (χ3n) is 3.85. The third kappa shape index (κ3) is 3.28. The average Bonchev–Trinajstić information content (AvgIpc) is 2.86. The number of hydrogen-bond acceptors (Lipinski definition) is 3. The van der Waals surface area contributed by atoms with Crippen LogP contribution in [0.4, 0.5) is 5.69 Å². The molecule has 1 aromatic rings. The maximum absolute atomic E-state index is 12.1. The first-order valence-corrected chi connectivity index (χ1v) is 7.35. The lowest BCUT2D eigenvalue weighted by molar-refractivity contribution is 0.0937. The van der Waals surface area contributed by atoms with E-state index in [1.54, 1.807) is 18.2 Å². The minimum Gasteiger partial charge on any atom is -0.398 e. The number of rotatable bonds is 4. The van der Waals surface area contributed by atoms with Gasteiger partial charge in [0.25, 0.3) is 5.91 Å². The van der Waals surface area contributed by atoms with Gasteiger partial charge in [-0.2, -0.15) is 0 Å². The molecule has 1 aromatic carbocycles. The molecule has 0 saturated heterocycles. The zero-order valence-electron chi connectivity index (χ0n) is 10.7. The predicted octanol–water partition coefficient (Wildman–Crippen LogP) is 2.17. The number of benzene rings is 1. The second kappa shape index (κ2) is 6.39. The molecule has 2 unspecified atom stereocenters. The number of halogens is 1. The van der Waals surface area contributed by atoms with Crippen molar-refractivity contribution in [3.63, 3.8) is 0 Å². The summed E-state index contributed by atoms with van der Waals surface area (Å²) in [6.07, 6.45) is 3.26. The summed E-state index contributed by atoms with van der Waals surface area (Å²) in [5.74, 6) is 0.584. The molecule has 0 spiro atoms. The second-order valence-electron chi connectivity index (χ2n) is 5.05.